The first-order valence-corrected chi connectivity index (χ1v) is 7.55. The van der Waals surface area contributed by atoms with E-state index in [1.165, 1.54) is 6.20 Å². The zero-order valence-corrected chi connectivity index (χ0v) is 12.8. The highest BCUT2D eigenvalue weighted by Crippen LogP contribution is 2.29. The molecule has 0 atom stereocenters. The normalized spacial score (nSPS) is 14.1. The minimum absolute atomic E-state index is 0.380. The summed E-state index contributed by atoms with van der Waals surface area (Å²) in [5, 5.41) is 8.08. The van der Waals surface area contributed by atoms with Crippen molar-refractivity contribution in [1.82, 2.24) is 19.6 Å². The van der Waals surface area contributed by atoms with Gasteiger partial charge in [-0.15, -0.1) is 0 Å². The zero-order chi connectivity index (χ0) is 16.0. The predicted molar refractivity (Wildman–Crippen MR) is 86.4 cm³/mol. The Morgan fingerprint density at radius 2 is 2.09 bits per heavy atom. The van der Waals surface area contributed by atoms with Crippen molar-refractivity contribution >= 4 is 28.8 Å². The monoisotopic (exact) mass is 328 g/mol. The fourth-order valence-corrected chi connectivity index (χ4v) is 2.53. The van der Waals surface area contributed by atoms with Gasteiger partial charge in [-0.2, -0.15) is 5.10 Å². The first kappa shape index (κ1) is 14.0. The lowest BCUT2D eigenvalue weighted by Gasteiger charge is -2.10. The third kappa shape index (κ3) is 2.59. The van der Waals surface area contributed by atoms with E-state index in [1.807, 2.05) is 0 Å². The van der Waals surface area contributed by atoms with Gasteiger partial charge in [-0.25, -0.2) is 9.50 Å². The van der Waals surface area contributed by atoms with Crippen molar-refractivity contribution in [3.05, 3.63) is 41.3 Å². The van der Waals surface area contributed by atoms with Crippen LogP contribution in [0.4, 0.5) is 5.69 Å². The molecule has 1 fully saturated rings. The number of hydrogen-bond donors (Lipinski definition) is 2. The smallest absolute Gasteiger partial charge is 0.252 e. The van der Waals surface area contributed by atoms with Crippen molar-refractivity contribution in [2.45, 2.75) is 18.9 Å². The number of nitrogens with two attached hydrogens (primary N) is 1. The number of halogens is 1. The summed E-state index contributed by atoms with van der Waals surface area (Å²) >= 11 is 5.93. The topological polar surface area (TPSA) is 98.2 Å². The zero-order valence-electron chi connectivity index (χ0n) is 12.0. The molecule has 3 heterocycles. The molecule has 0 spiro atoms. The molecule has 0 aromatic carbocycles. The molecule has 0 unspecified atom stereocenters. The second-order valence-electron chi connectivity index (χ2n) is 5.49. The number of fused-ring (bicyclic) bond motifs is 1. The van der Waals surface area contributed by atoms with Crippen LogP contribution in [0, 0.1) is 0 Å². The molecule has 1 aliphatic rings. The van der Waals surface area contributed by atoms with Gasteiger partial charge in [-0.05, 0) is 18.9 Å². The van der Waals surface area contributed by atoms with Crippen molar-refractivity contribution in [3.63, 3.8) is 0 Å². The minimum atomic E-state index is -0.504. The summed E-state index contributed by atoms with van der Waals surface area (Å²) in [6, 6.07) is 3.92. The van der Waals surface area contributed by atoms with Crippen LogP contribution >= 0.6 is 11.6 Å². The van der Waals surface area contributed by atoms with E-state index in [-0.39, 0.29) is 0 Å². The van der Waals surface area contributed by atoms with Gasteiger partial charge in [0, 0.05) is 18.3 Å². The van der Waals surface area contributed by atoms with Crippen molar-refractivity contribution in [2.24, 2.45) is 5.73 Å². The van der Waals surface area contributed by atoms with Gasteiger partial charge in [-0.1, -0.05) is 11.6 Å². The number of nitrogens with zero attached hydrogens (tertiary/aromatic N) is 4. The van der Waals surface area contributed by atoms with Crippen LogP contribution < -0.4 is 11.1 Å². The Hall–Kier alpha value is -2.67. The van der Waals surface area contributed by atoms with E-state index in [2.05, 4.69) is 20.4 Å². The molecule has 3 aromatic rings. The molecule has 4 rings (SSSR count). The third-order valence-corrected chi connectivity index (χ3v) is 3.90. The summed E-state index contributed by atoms with van der Waals surface area (Å²) in [5.41, 5.74) is 8.49. The Bertz CT molecular complexity index is 917. The van der Waals surface area contributed by atoms with Crippen LogP contribution in [-0.2, 0) is 0 Å². The van der Waals surface area contributed by atoms with Crippen LogP contribution in [-0.4, -0.2) is 31.5 Å². The van der Waals surface area contributed by atoms with Gasteiger partial charge in [-0.3, -0.25) is 9.78 Å². The Balaban J connectivity index is 1.82. The van der Waals surface area contributed by atoms with Crippen LogP contribution in [0.15, 0.2) is 30.7 Å². The first-order chi connectivity index (χ1) is 11.1. The number of rotatable bonds is 4. The Morgan fingerprint density at radius 1 is 1.26 bits per heavy atom. The summed E-state index contributed by atoms with van der Waals surface area (Å²) in [4.78, 5) is 20.2. The molecule has 3 aromatic heterocycles. The third-order valence-electron chi connectivity index (χ3n) is 3.70. The van der Waals surface area contributed by atoms with Crippen LogP contribution in [0.25, 0.3) is 17.0 Å². The lowest BCUT2D eigenvalue weighted by Crippen LogP contribution is -2.16. The highest BCUT2D eigenvalue weighted by molar-refractivity contribution is 6.30. The maximum Gasteiger partial charge on any atom is 0.252 e. The quantitative estimate of drug-likeness (QED) is 0.764. The Kier molecular flexibility index (Phi) is 3.16. The van der Waals surface area contributed by atoms with Crippen molar-refractivity contribution in [1.29, 1.82) is 0 Å². The van der Waals surface area contributed by atoms with E-state index in [9.17, 15) is 4.79 Å². The summed E-state index contributed by atoms with van der Waals surface area (Å²) in [7, 11) is 0. The number of primary amides is 1. The SMILES string of the molecule is NC(=O)c1cnc(-c2cnc3cc(Cl)cnn23)cc1NC1CC1. The van der Waals surface area contributed by atoms with Crippen molar-refractivity contribution in [3.8, 4) is 11.4 Å². The fourth-order valence-electron chi connectivity index (χ4n) is 2.39. The molecule has 0 aliphatic heterocycles. The molecule has 23 heavy (non-hydrogen) atoms. The van der Waals surface area contributed by atoms with Crippen LogP contribution in [0.5, 0.6) is 0 Å². The molecular formula is C15H13ClN6O. The predicted octanol–water partition coefficient (Wildman–Crippen LogP) is 2.12. The largest absolute Gasteiger partial charge is 0.382 e. The number of carbonyl (C=O) groups excluding carboxylic acids is 1. The van der Waals surface area contributed by atoms with Crippen LogP contribution in [0.1, 0.15) is 23.2 Å². The van der Waals surface area contributed by atoms with Gasteiger partial charge < -0.3 is 11.1 Å². The number of aromatic nitrogens is 4. The van der Waals surface area contributed by atoms with Gasteiger partial charge in [0.15, 0.2) is 5.65 Å². The Morgan fingerprint density at radius 3 is 2.83 bits per heavy atom. The number of pyridine rings is 1. The molecule has 116 valence electrons. The maximum atomic E-state index is 11.6. The molecule has 0 radical (unpaired) electrons. The van der Waals surface area contributed by atoms with Gasteiger partial charge in [0.25, 0.3) is 5.91 Å². The molecule has 1 saturated carbocycles. The molecule has 1 aliphatic carbocycles. The van der Waals surface area contributed by atoms with Gasteiger partial charge >= 0.3 is 0 Å². The number of imidazole rings is 1. The molecule has 0 saturated heterocycles. The summed E-state index contributed by atoms with van der Waals surface area (Å²) in [5.74, 6) is -0.504. The highest BCUT2D eigenvalue weighted by atomic mass is 35.5. The van der Waals surface area contributed by atoms with Crippen molar-refractivity contribution < 1.29 is 4.79 Å². The molecule has 0 bridgehead atoms. The summed E-state index contributed by atoms with van der Waals surface area (Å²) in [6.45, 7) is 0. The molecular weight excluding hydrogens is 316 g/mol. The van der Waals surface area contributed by atoms with Crippen molar-refractivity contribution in [2.75, 3.05) is 5.32 Å². The lowest BCUT2D eigenvalue weighted by atomic mass is 10.1. The van der Waals surface area contributed by atoms with Crippen LogP contribution in [0.3, 0.4) is 0 Å². The standard InChI is InChI=1S/C15H13ClN6O/c16-8-3-14-19-7-13(22(14)20-5-8)12-4-11(21-9-1-2-9)10(6-18-12)15(17)23/h3-7,9H,1-2H2,(H2,17,23)(H,18,21). The first-order valence-electron chi connectivity index (χ1n) is 7.18. The van der Waals surface area contributed by atoms with E-state index < -0.39 is 5.91 Å². The second-order valence-corrected chi connectivity index (χ2v) is 5.92. The van der Waals surface area contributed by atoms with E-state index in [4.69, 9.17) is 17.3 Å². The highest BCUT2D eigenvalue weighted by Gasteiger charge is 2.23. The molecule has 7 nitrogen and oxygen atoms in total. The van der Waals surface area contributed by atoms with Gasteiger partial charge in [0.1, 0.15) is 5.69 Å². The average Bonchev–Trinajstić information content (AvgIpc) is 3.24. The van der Waals surface area contributed by atoms with E-state index in [1.54, 1.807) is 29.0 Å². The van der Waals surface area contributed by atoms with Gasteiger partial charge in [0.2, 0.25) is 0 Å². The van der Waals surface area contributed by atoms with Gasteiger partial charge in [0.05, 0.1) is 34.4 Å². The fraction of sp³-hybridized carbons (Fsp3) is 0.200. The number of anilines is 1. The van der Waals surface area contributed by atoms with E-state index >= 15 is 0 Å². The van der Waals surface area contributed by atoms with E-state index in [0.717, 1.165) is 12.8 Å². The maximum absolute atomic E-state index is 11.6. The number of carbonyl (C=O) groups is 1. The number of amides is 1. The molecule has 3 N–H and O–H groups in total. The summed E-state index contributed by atoms with van der Waals surface area (Å²) < 4.78 is 1.65. The summed E-state index contributed by atoms with van der Waals surface area (Å²) in [6.07, 6.45) is 6.88. The minimum Gasteiger partial charge on any atom is -0.382 e. The number of hydrogen-bond acceptors (Lipinski definition) is 5. The van der Waals surface area contributed by atoms with E-state index in [0.29, 0.717) is 39.4 Å². The average molecular weight is 329 g/mol. The molecule has 1 amide bonds. The molecule has 8 heteroatoms. The van der Waals surface area contributed by atoms with Crippen LogP contribution in [0.2, 0.25) is 5.02 Å². The number of nitrogens with one attached hydrogen (secondary N) is 1. The lowest BCUT2D eigenvalue weighted by molar-refractivity contribution is 0.100. The Labute approximate surface area is 136 Å². The second kappa shape index (κ2) is 5.20.